The average Bonchev–Trinajstić information content (AvgIpc) is 2.22. The number of Topliss-reactive ketones (excluding diaryl/α,β-unsaturated/α-hetero) is 1. The van der Waals surface area contributed by atoms with Crippen LogP contribution in [-0.2, 0) is 11.2 Å². The maximum atomic E-state index is 11.4. The Labute approximate surface area is 88.9 Å². The minimum atomic E-state index is 0.0463. The molecule has 1 rings (SSSR count). The molecule has 0 saturated heterocycles. The maximum absolute atomic E-state index is 11.4. The molecule has 1 aromatic heterocycles. The van der Waals surface area contributed by atoms with Crippen molar-refractivity contribution in [3.8, 4) is 12.3 Å². The van der Waals surface area contributed by atoms with E-state index in [1.54, 1.807) is 18.3 Å². The third kappa shape index (κ3) is 3.79. The van der Waals surface area contributed by atoms with Gasteiger partial charge < -0.3 is 5.73 Å². The smallest absolute Gasteiger partial charge is 0.151 e. The van der Waals surface area contributed by atoms with Crippen molar-refractivity contribution < 1.29 is 4.79 Å². The molecule has 1 aromatic rings. The fraction of sp³-hybridized carbons (Fsp3) is 0.273. The molecule has 3 N–H and O–H groups in total. The van der Waals surface area contributed by atoms with Crippen LogP contribution in [0.4, 0.5) is 5.82 Å². The molecule has 0 aliphatic rings. The van der Waals surface area contributed by atoms with Gasteiger partial charge in [0, 0.05) is 18.2 Å². The minimum absolute atomic E-state index is 0.0463. The van der Waals surface area contributed by atoms with Crippen LogP contribution in [0, 0.1) is 12.3 Å². The monoisotopic (exact) mass is 203 g/mol. The number of hydrogen-bond donors (Lipinski definition) is 2. The van der Waals surface area contributed by atoms with Crippen LogP contribution in [0.2, 0.25) is 0 Å². The van der Waals surface area contributed by atoms with Gasteiger partial charge in [-0.25, -0.2) is 4.98 Å². The number of aromatic nitrogens is 1. The van der Waals surface area contributed by atoms with Gasteiger partial charge in [0.1, 0.15) is 5.82 Å². The predicted octanol–water partition coefficient (Wildman–Crippen LogP) is -0.00180. The van der Waals surface area contributed by atoms with Crippen LogP contribution in [-0.4, -0.2) is 23.9 Å². The summed E-state index contributed by atoms with van der Waals surface area (Å²) in [6.07, 6.45) is 6.92. The van der Waals surface area contributed by atoms with Crippen LogP contribution in [0.1, 0.15) is 5.56 Å². The van der Waals surface area contributed by atoms with Crippen molar-refractivity contribution in [1.29, 1.82) is 0 Å². The molecule has 0 aliphatic carbocycles. The standard InChI is InChI=1S/C11H13N3O/c1-2-5-13-8-10(15)7-9-4-3-6-14-11(9)12/h1,3-4,6,13H,5,7-8H2,(H2,12,14). The SMILES string of the molecule is C#CCNCC(=O)Cc1cccnc1N. The number of nitrogens with one attached hydrogen (secondary N) is 1. The van der Waals surface area contributed by atoms with E-state index in [1.165, 1.54) is 0 Å². The van der Waals surface area contributed by atoms with E-state index >= 15 is 0 Å². The molecule has 0 spiro atoms. The molecule has 78 valence electrons. The molecule has 0 atom stereocenters. The van der Waals surface area contributed by atoms with Crippen LogP contribution in [0.3, 0.4) is 0 Å². The zero-order chi connectivity index (χ0) is 11.1. The highest BCUT2D eigenvalue weighted by Gasteiger charge is 2.05. The first-order chi connectivity index (χ1) is 7.24. The van der Waals surface area contributed by atoms with Gasteiger partial charge in [0.2, 0.25) is 0 Å². The highest BCUT2D eigenvalue weighted by atomic mass is 16.1. The second-order valence-electron chi connectivity index (χ2n) is 3.07. The molecule has 0 bridgehead atoms. The molecule has 0 saturated carbocycles. The van der Waals surface area contributed by atoms with Gasteiger partial charge in [-0.15, -0.1) is 6.42 Å². The Morgan fingerprint density at radius 3 is 3.13 bits per heavy atom. The quantitative estimate of drug-likeness (QED) is 0.522. The maximum Gasteiger partial charge on any atom is 0.151 e. The van der Waals surface area contributed by atoms with E-state index in [2.05, 4.69) is 16.2 Å². The normalized spacial score (nSPS) is 9.53. The second-order valence-corrected chi connectivity index (χ2v) is 3.07. The number of anilines is 1. The molecule has 0 unspecified atom stereocenters. The summed E-state index contributed by atoms with van der Waals surface area (Å²) in [5.74, 6) is 2.85. The Balaban J connectivity index is 2.45. The highest BCUT2D eigenvalue weighted by molar-refractivity contribution is 5.83. The van der Waals surface area contributed by atoms with Crippen LogP contribution in [0.25, 0.3) is 0 Å². The van der Waals surface area contributed by atoms with E-state index < -0.39 is 0 Å². The van der Waals surface area contributed by atoms with Crippen LogP contribution < -0.4 is 11.1 Å². The second kappa shape index (κ2) is 5.78. The molecular weight excluding hydrogens is 190 g/mol. The Kier molecular flexibility index (Phi) is 4.32. The van der Waals surface area contributed by atoms with E-state index in [1.807, 2.05) is 0 Å². The highest BCUT2D eigenvalue weighted by Crippen LogP contribution is 2.07. The molecule has 0 fully saturated rings. The lowest BCUT2D eigenvalue weighted by Crippen LogP contribution is -2.24. The fourth-order valence-electron chi connectivity index (χ4n) is 1.15. The molecule has 4 heteroatoms. The lowest BCUT2D eigenvalue weighted by molar-refractivity contribution is -0.117. The first-order valence-electron chi connectivity index (χ1n) is 4.59. The summed E-state index contributed by atoms with van der Waals surface area (Å²) in [5, 5.41) is 2.83. The molecule has 0 radical (unpaired) electrons. The van der Waals surface area contributed by atoms with Crippen LogP contribution >= 0.6 is 0 Å². The van der Waals surface area contributed by atoms with Gasteiger partial charge in [0.05, 0.1) is 13.1 Å². The molecule has 0 aliphatic heterocycles. The number of carbonyl (C=O) groups excluding carboxylic acids is 1. The molecule has 1 heterocycles. The van der Waals surface area contributed by atoms with E-state index in [-0.39, 0.29) is 18.7 Å². The summed E-state index contributed by atoms with van der Waals surface area (Å²) < 4.78 is 0. The number of hydrogen-bond acceptors (Lipinski definition) is 4. The number of rotatable bonds is 5. The molecule has 15 heavy (non-hydrogen) atoms. The zero-order valence-corrected chi connectivity index (χ0v) is 8.36. The van der Waals surface area contributed by atoms with Gasteiger partial charge in [0.15, 0.2) is 5.78 Å². The number of carbonyl (C=O) groups is 1. The number of pyridine rings is 1. The van der Waals surface area contributed by atoms with E-state index in [0.29, 0.717) is 12.4 Å². The molecule has 0 amide bonds. The molecular formula is C11H13N3O. The van der Waals surface area contributed by atoms with E-state index in [4.69, 9.17) is 12.2 Å². The fourth-order valence-corrected chi connectivity index (χ4v) is 1.15. The number of nitrogens with two attached hydrogens (primary N) is 1. The Morgan fingerprint density at radius 1 is 1.67 bits per heavy atom. The van der Waals surface area contributed by atoms with Gasteiger partial charge in [0.25, 0.3) is 0 Å². The van der Waals surface area contributed by atoms with Crippen molar-refractivity contribution in [2.75, 3.05) is 18.8 Å². The van der Waals surface area contributed by atoms with Crippen LogP contribution in [0.5, 0.6) is 0 Å². The summed E-state index contributed by atoms with van der Waals surface area (Å²) in [4.78, 5) is 15.3. The van der Waals surface area contributed by atoms with E-state index in [9.17, 15) is 4.79 Å². The largest absolute Gasteiger partial charge is 0.383 e. The van der Waals surface area contributed by atoms with Gasteiger partial charge >= 0.3 is 0 Å². The van der Waals surface area contributed by atoms with Gasteiger partial charge in [-0.3, -0.25) is 10.1 Å². The summed E-state index contributed by atoms with van der Waals surface area (Å²) >= 11 is 0. The first-order valence-corrected chi connectivity index (χ1v) is 4.59. The van der Waals surface area contributed by atoms with Crippen molar-refractivity contribution in [2.24, 2.45) is 0 Å². The van der Waals surface area contributed by atoms with Crippen molar-refractivity contribution >= 4 is 11.6 Å². The third-order valence-corrected chi connectivity index (χ3v) is 1.86. The lowest BCUT2D eigenvalue weighted by Gasteiger charge is -2.03. The first kappa shape index (κ1) is 11.2. The van der Waals surface area contributed by atoms with Gasteiger partial charge in [-0.05, 0) is 6.07 Å². The Hall–Kier alpha value is -1.86. The molecule has 4 nitrogen and oxygen atoms in total. The number of terminal acetylenes is 1. The summed E-state index contributed by atoms with van der Waals surface area (Å²) in [5.41, 5.74) is 6.36. The average molecular weight is 203 g/mol. The molecule has 0 aromatic carbocycles. The topological polar surface area (TPSA) is 68.0 Å². The van der Waals surface area contributed by atoms with Crippen LogP contribution in [0.15, 0.2) is 18.3 Å². The van der Waals surface area contributed by atoms with Crippen molar-refractivity contribution in [3.05, 3.63) is 23.9 Å². The van der Waals surface area contributed by atoms with Gasteiger partial charge in [-0.1, -0.05) is 12.0 Å². The number of nitrogens with zero attached hydrogens (tertiary/aromatic N) is 1. The Morgan fingerprint density at radius 2 is 2.47 bits per heavy atom. The third-order valence-electron chi connectivity index (χ3n) is 1.86. The number of nitrogen functional groups attached to an aromatic ring is 1. The van der Waals surface area contributed by atoms with Gasteiger partial charge in [-0.2, -0.15) is 0 Å². The summed E-state index contributed by atoms with van der Waals surface area (Å²) in [7, 11) is 0. The summed E-state index contributed by atoms with van der Waals surface area (Å²) in [6.45, 7) is 0.660. The lowest BCUT2D eigenvalue weighted by atomic mass is 10.1. The Bertz CT molecular complexity index is 382. The minimum Gasteiger partial charge on any atom is -0.383 e. The zero-order valence-electron chi connectivity index (χ0n) is 8.36. The number of ketones is 1. The van der Waals surface area contributed by atoms with Crippen molar-refractivity contribution in [1.82, 2.24) is 10.3 Å². The summed E-state index contributed by atoms with van der Waals surface area (Å²) in [6, 6.07) is 3.55. The van der Waals surface area contributed by atoms with E-state index in [0.717, 1.165) is 5.56 Å². The predicted molar refractivity (Wildman–Crippen MR) is 59.1 cm³/mol. The van der Waals surface area contributed by atoms with Crippen molar-refractivity contribution in [3.63, 3.8) is 0 Å². The van der Waals surface area contributed by atoms with Crippen molar-refractivity contribution in [2.45, 2.75) is 6.42 Å².